The molecule has 1 aliphatic heterocycles. The van der Waals surface area contributed by atoms with E-state index in [1.165, 1.54) is 0 Å². The van der Waals surface area contributed by atoms with Gasteiger partial charge in [-0.1, -0.05) is 49.3 Å². The molecule has 0 bridgehead atoms. The quantitative estimate of drug-likeness (QED) is 0.865. The van der Waals surface area contributed by atoms with Crippen LogP contribution >= 0.6 is 0 Å². The molecule has 1 aromatic carbocycles. The van der Waals surface area contributed by atoms with E-state index in [1.807, 2.05) is 30.3 Å². The zero-order chi connectivity index (χ0) is 17.8. The molecule has 0 radical (unpaired) electrons. The van der Waals surface area contributed by atoms with E-state index < -0.39 is 0 Å². The molecule has 1 aliphatic rings. The Hall–Kier alpha value is -2.70. The van der Waals surface area contributed by atoms with Crippen LogP contribution < -0.4 is 5.32 Å². The van der Waals surface area contributed by atoms with Crippen molar-refractivity contribution in [3.8, 4) is 11.4 Å². The van der Waals surface area contributed by atoms with Crippen molar-refractivity contribution in [2.45, 2.75) is 26.8 Å². The fourth-order valence-electron chi connectivity index (χ4n) is 2.90. The molecule has 2 amide bonds. The Balaban J connectivity index is 1.53. The third-order valence-corrected chi connectivity index (χ3v) is 4.08. The van der Waals surface area contributed by atoms with Gasteiger partial charge < -0.3 is 14.7 Å². The van der Waals surface area contributed by atoms with E-state index in [0.29, 0.717) is 30.7 Å². The fourth-order valence-corrected chi connectivity index (χ4v) is 2.90. The summed E-state index contributed by atoms with van der Waals surface area (Å²) >= 11 is 0. The number of rotatable bonds is 6. The van der Waals surface area contributed by atoms with Crippen LogP contribution in [-0.2, 0) is 16.1 Å². The van der Waals surface area contributed by atoms with Crippen molar-refractivity contribution in [2.75, 3.05) is 13.1 Å². The molecule has 2 heterocycles. The average molecular weight is 342 g/mol. The summed E-state index contributed by atoms with van der Waals surface area (Å²) < 4.78 is 5.17. The smallest absolute Gasteiger partial charge is 0.246 e. The topological polar surface area (TPSA) is 88.3 Å². The molecule has 132 valence electrons. The first-order valence-corrected chi connectivity index (χ1v) is 8.46. The highest BCUT2D eigenvalue weighted by atomic mass is 16.5. The molecule has 1 aromatic heterocycles. The van der Waals surface area contributed by atoms with E-state index in [9.17, 15) is 9.59 Å². The molecule has 1 atom stereocenters. The first-order valence-electron chi connectivity index (χ1n) is 8.46. The highest BCUT2D eigenvalue weighted by molar-refractivity contribution is 5.89. The van der Waals surface area contributed by atoms with Crippen LogP contribution in [0.4, 0.5) is 0 Å². The summed E-state index contributed by atoms with van der Waals surface area (Å²) in [6.07, 6.45) is 0.262. The summed E-state index contributed by atoms with van der Waals surface area (Å²) in [5.41, 5.74) is 0.856. The molecular weight excluding hydrogens is 320 g/mol. The first kappa shape index (κ1) is 17.1. The molecule has 1 N–H and O–H groups in total. The molecule has 1 fully saturated rings. The van der Waals surface area contributed by atoms with Crippen LogP contribution in [0.2, 0.25) is 0 Å². The minimum Gasteiger partial charge on any atom is -0.347 e. The van der Waals surface area contributed by atoms with Gasteiger partial charge in [-0.25, -0.2) is 0 Å². The first-order chi connectivity index (χ1) is 12.0. The standard InChI is InChI=1S/C18H22N4O3/c1-12(2)10-22-11-14(8-16(22)23)18(24)19-9-15-20-17(21-25-15)13-6-4-3-5-7-13/h3-7,12,14H,8-11H2,1-2H3,(H,19,24)/t14-/m0/s1. The summed E-state index contributed by atoms with van der Waals surface area (Å²) in [4.78, 5) is 30.3. The second-order valence-corrected chi connectivity index (χ2v) is 6.69. The second-order valence-electron chi connectivity index (χ2n) is 6.69. The number of hydrogen-bond acceptors (Lipinski definition) is 5. The van der Waals surface area contributed by atoms with E-state index in [1.54, 1.807) is 4.90 Å². The summed E-state index contributed by atoms with van der Waals surface area (Å²) in [6.45, 7) is 5.43. The minimum atomic E-state index is -0.317. The number of amides is 2. The normalized spacial score (nSPS) is 17.3. The lowest BCUT2D eigenvalue weighted by Gasteiger charge is -2.18. The predicted molar refractivity (Wildman–Crippen MR) is 91.1 cm³/mol. The van der Waals surface area contributed by atoms with Gasteiger partial charge >= 0.3 is 0 Å². The van der Waals surface area contributed by atoms with Gasteiger partial charge in [0.15, 0.2) is 0 Å². The van der Waals surface area contributed by atoms with E-state index in [2.05, 4.69) is 29.3 Å². The SMILES string of the molecule is CC(C)CN1C[C@@H](C(=O)NCc2nc(-c3ccccc3)no2)CC1=O. The lowest BCUT2D eigenvalue weighted by Crippen LogP contribution is -2.33. The van der Waals surface area contributed by atoms with Gasteiger partial charge in [-0.3, -0.25) is 9.59 Å². The molecular formula is C18H22N4O3. The van der Waals surface area contributed by atoms with Gasteiger partial charge in [0.25, 0.3) is 0 Å². The van der Waals surface area contributed by atoms with Gasteiger partial charge in [0.2, 0.25) is 23.5 Å². The Morgan fingerprint density at radius 1 is 1.36 bits per heavy atom. The molecule has 0 spiro atoms. The minimum absolute atomic E-state index is 0.0398. The Labute approximate surface area is 146 Å². The molecule has 0 unspecified atom stereocenters. The zero-order valence-electron chi connectivity index (χ0n) is 14.4. The molecule has 7 heteroatoms. The molecule has 1 saturated heterocycles. The largest absolute Gasteiger partial charge is 0.347 e. The van der Waals surface area contributed by atoms with Crippen molar-refractivity contribution in [3.05, 3.63) is 36.2 Å². The van der Waals surface area contributed by atoms with E-state index in [0.717, 1.165) is 5.56 Å². The average Bonchev–Trinajstić information content (AvgIpc) is 3.20. The number of hydrogen-bond donors (Lipinski definition) is 1. The molecule has 0 saturated carbocycles. The maximum atomic E-state index is 12.3. The summed E-state index contributed by atoms with van der Waals surface area (Å²) in [6, 6.07) is 9.48. The maximum absolute atomic E-state index is 12.3. The molecule has 3 rings (SSSR count). The van der Waals surface area contributed by atoms with Crippen LogP contribution in [-0.4, -0.2) is 39.9 Å². The van der Waals surface area contributed by atoms with Crippen LogP contribution in [0.1, 0.15) is 26.2 Å². The summed E-state index contributed by atoms with van der Waals surface area (Å²) in [7, 11) is 0. The van der Waals surface area contributed by atoms with Crippen molar-refractivity contribution < 1.29 is 14.1 Å². The number of likely N-dealkylation sites (tertiary alicyclic amines) is 1. The third kappa shape index (κ3) is 4.23. The molecule has 7 nitrogen and oxygen atoms in total. The van der Waals surface area contributed by atoms with Crippen molar-refractivity contribution in [3.63, 3.8) is 0 Å². The van der Waals surface area contributed by atoms with Crippen molar-refractivity contribution in [2.24, 2.45) is 11.8 Å². The van der Waals surface area contributed by atoms with Crippen molar-refractivity contribution in [1.82, 2.24) is 20.4 Å². The summed E-state index contributed by atoms with van der Waals surface area (Å²) in [5.74, 6) is 0.792. The van der Waals surface area contributed by atoms with Crippen LogP contribution in [0.3, 0.4) is 0 Å². The lowest BCUT2D eigenvalue weighted by atomic mass is 10.1. The highest BCUT2D eigenvalue weighted by Gasteiger charge is 2.34. The zero-order valence-corrected chi connectivity index (χ0v) is 14.4. The fraction of sp³-hybridized carbons (Fsp3) is 0.444. The monoisotopic (exact) mass is 342 g/mol. The highest BCUT2D eigenvalue weighted by Crippen LogP contribution is 2.19. The van der Waals surface area contributed by atoms with Crippen molar-refractivity contribution in [1.29, 1.82) is 0 Å². The Morgan fingerprint density at radius 2 is 2.12 bits per heavy atom. The van der Waals surface area contributed by atoms with Crippen LogP contribution in [0.25, 0.3) is 11.4 Å². The lowest BCUT2D eigenvalue weighted by molar-refractivity contribution is -0.129. The van der Waals surface area contributed by atoms with Crippen LogP contribution in [0.15, 0.2) is 34.9 Å². The number of nitrogens with zero attached hydrogens (tertiary/aromatic N) is 3. The van der Waals surface area contributed by atoms with Gasteiger partial charge in [-0.15, -0.1) is 0 Å². The molecule has 25 heavy (non-hydrogen) atoms. The summed E-state index contributed by atoms with van der Waals surface area (Å²) in [5, 5.41) is 6.70. The van der Waals surface area contributed by atoms with Gasteiger partial charge in [-0.05, 0) is 5.92 Å². The van der Waals surface area contributed by atoms with Gasteiger partial charge in [0.05, 0.1) is 12.5 Å². The maximum Gasteiger partial charge on any atom is 0.246 e. The second kappa shape index (κ2) is 7.46. The van der Waals surface area contributed by atoms with E-state index in [-0.39, 0.29) is 30.7 Å². The molecule has 2 aromatic rings. The van der Waals surface area contributed by atoms with Crippen molar-refractivity contribution >= 4 is 11.8 Å². The van der Waals surface area contributed by atoms with E-state index >= 15 is 0 Å². The van der Waals surface area contributed by atoms with Gasteiger partial charge in [0.1, 0.15) is 0 Å². The number of carbonyl (C=O) groups excluding carboxylic acids is 2. The van der Waals surface area contributed by atoms with Gasteiger partial charge in [-0.2, -0.15) is 4.98 Å². The number of benzene rings is 1. The third-order valence-electron chi connectivity index (χ3n) is 4.08. The molecule has 0 aliphatic carbocycles. The van der Waals surface area contributed by atoms with Gasteiger partial charge in [0, 0.05) is 25.1 Å². The van der Waals surface area contributed by atoms with Crippen LogP contribution in [0.5, 0.6) is 0 Å². The number of carbonyl (C=O) groups is 2. The predicted octanol–water partition coefficient (Wildman–Crippen LogP) is 1.86. The Morgan fingerprint density at radius 3 is 2.84 bits per heavy atom. The van der Waals surface area contributed by atoms with Crippen LogP contribution in [0, 0.1) is 11.8 Å². The Kier molecular flexibility index (Phi) is 5.11. The van der Waals surface area contributed by atoms with E-state index in [4.69, 9.17) is 4.52 Å². The Bertz CT molecular complexity index is 742. The number of aromatic nitrogens is 2. The number of nitrogens with one attached hydrogen (secondary N) is 1.